The summed E-state index contributed by atoms with van der Waals surface area (Å²) in [5.41, 5.74) is -0.496. The average Bonchev–Trinajstić information content (AvgIpc) is 3.61. The van der Waals surface area contributed by atoms with Gasteiger partial charge in [-0.05, 0) is 32.6 Å². The van der Waals surface area contributed by atoms with Gasteiger partial charge in [-0.2, -0.15) is 0 Å². The van der Waals surface area contributed by atoms with Crippen molar-refractivity contribution in [3.8, 4) is 0 Å². The lowest BCUT2D eigenvalue weighted by Crippen LogP contribution is -2.39. The van der Waals surface area contributed by atoms with Crippen LogP contribution < -0.4 is 22.5 Å². The average molecular weight is 679 g/mol. The highest BCUT2D eigenvalue weighted by atomic mass is 16.3. The molecule has 0 aliphatic heterocycles. The normalized spacial score (nSPS) is 11.9. The molecule has 0 saturated heterocycles. The molecule has 266 valence electrons. The molecule has 48 heavy (non-hydrogen) atoms. The topological polar surface area (TPSA) is 205 Å². The second-order valence-electron chi connectivity index (χ2n) is 11.1. The van der Waals surface area contributed by atoms with Gasteiger partial charge in [0.05, 0.1) is 6.33 Å². The van der Waals surface area contributed by atoms with Crippen molar-refractivity contribution in [2.75, 3.05) is 27.6 Å². The largest absolute Gasteiger partial charge is 0.376 e. The third-order valence-electron chi connectivity index (χ3n) is 7.84. The van der Waals surface area contributed by atoms with E-state index in [1.54, 1.807) is 37.2 Å². The number of imidazole rings is 2. The highest BCUT2D eigenvalue weighted by Gasteiger charge is 2.17. The number of hydrogen-bond donors (Lipinski definition) is 2. The van der Waals surface area contributed by atoms with Crippen LogP contribution in [0.3, 0.4) is 0 Å². The van der Waals surface area contributed by atoms with E-state index in [4.69, 9.17) is 13.0 Å². The molecule has 18 nitrogen and oxygen atoms in total. The minimum absolute atomic E-state index is 0. The van der Waals surface area contributed by atoms with E-state index in [-0.39, 0.29) is 58.0 Å². The van der Waals surface area contributed by atoms with Crippen molar-refractivity contribution in [1.29, 1.82) is 0 Å². The molecule has 0 saturated carbocycles. The fourth-order valence-corrected chi connectivity index (χ4v) is 4.79. The standard InChI is InChI=1S/C15H23N5O4.C14H21N5O4.CH4/c1-10-16-13-12(18(10)3)14(23)20(15(24)19(13)4)8-6-5-7-11(22)17(2)9-21;1-16-8-15-12-11(16)13(22)19(14(23)18(12)3)7-5-4-6-10(21)17(2)9-20;/h21H,5-9H2,1-4H3;8,20H,4-7,9H2,1-3H3;1H4/i7D2;;. The number of hydrogen-bond acceptors (Lipinski definition) is 10. The Bertz CT molecular complexity index is 2090. The van der Waals surface area contributed by atoms with Crippen molar-refractivity contribution >= 4 is 34.1 Å². The first-order chi connectivity index (χ1) is 22.9. The van der Waals surface area contributed by atoms with E-state index in [2.05, 4.69) is 9.97 Å². The van der Waals surface area contributed by atoms with Crippen molar-refractivity contribution in [3.05, 3.63) is 53.8 Å². The SMILES string of the molecule is C.CN(CO)C(=O)CCCCn1c(=O)c2c(ncn2C)n(C)c1=O.[2H]C([2H])(CCCn1c(=O)c2c(nc(C)n2C)n(C)c1=O)C(=O)N(C)CO. The van der Waals surface area contributed by atoms with Gasteiger partial charge in [-0.3, -0.25) is 37.4 Å². The summed E-state index contributed by atoms with van der Waals surface area (Å²) >= 11 is 0. The van der Waals surface area contributed by atoms with Crippen LogP contribution >= 0.6 is 0 Å². The molecule has 2 N–H and O–H groups in total. The highest BCUT2D eigenvalue weighted by Crippen LogP contribution is 2.09. The predicted molar refractivity (Wildman–Crippen MR) is 179 cm³/mol. The van der Waals surface area contributed by atoms with Gasteiger partial charge in [0.15, 0.2) is 22.3 Å². The number of carbonyl (C=O) groups is 2. The fraction of sp³-hybridized carbons (Fsp3) is 0.600. The first-order valence-corrected chi connectivity index (χ1v) is 14.9. The summed E-state index contributed by atoms with van der Waals surface area (Å²) in [6.07, 6.45) is 0.536. The molecular weight excluding hydrogens is 628 g/mol. The smallest absolute Gasteiger partial charge is 0.332 e. The van der Waals surface area contributed by atoms with Gasteiger partial charge in [0.25, 0.3) is 11.1 Å². The summed E-state index contributed by atoms with van der Waals surface area (Å²) in [5, 5.41) is 17.8. The Morgan fingerprint density at radius 2 is 1.27 bits per heavy atom. The number of aromatic nitrogens is 8. The third kappa shape index (κ3) is 8.17. The highest BCUT2D eigenvalue weighted by molar-refractivity contribution is 5.76. The number of unbranched alkanes of at least 4 members (excludes halogenated alkanes) is 1. The van der Waals surface area contributed by atoms with Gasteiger partial charge in [-0.15, -0.1) is 0 Å². The van der Waals surface area contributed by atoms with Crippen LogP contribution in [0.15, 0.2) is 25.5 Å². The van der Waals surface area contributed by atoms with Crippen molar-refractivity contribution in [1.82, 2.24) is 47.2 Å². The van der Waals surface area contributed by atoms with Crippen LogP contribution in [-0.4, -0.2) is 96.8 Å². The number of aliphatic hydroxyl groups is 2. The first-order valence-electron chi connectivity index (χ1n) is 15.9. The van der Waals surface area contributed by atoms with E-state index in [9.17, 15) is 28.8 Å². The molecule has 0 aliphatic rings. The van der Waals surface area contributed by atoms with E-state index in [1.165, 1.54) is 46.1 Å². The molecule has 4 aromatic rings. The molecule has 0 bridgehead atoms. The van der Waals surface area contributed by atoms with Gasteiger partial charge >= 0.3 is 11.4 Å². The Balaban J connectivity index is 0.000000342. The zero-order chi connectivity index (χ0) is 37.0. The van der Waals surface area contributed by atoms with Crippen LogP contribution in [-0.2, 0) is 50.9 Å². The second-order valence-corrected chi connectivity index (χ2v) is 11.1. The Labute approximate surface area is 279 Å². The van der Waals surface area contributed by atoms with Crippen LogP contribution in [0, 0.1) is 6.92 Å². The van der Waals surface area contributed by atoms with E-state index >= 15 is 0 Å². The van der Waals surface area contributed by atoms with Crippen LogP contribution in [0.25, 0.3) is 22.3 Å². The number of amides is 2. The van der Waals surface area contributed by atoms with Crippen LogP contribution in [0.5, 0.6) is 0 Å². The van der Waals surface area contributed by atoms with E-state index in [1.807, 2.05) is 0 Å². The Hall–Kier alpha value is -4.84. The third-order valence-corrected chi connectivity index (χ3v) is 7.84. The van der Waals surface area contributed by atoms with Crippen LogP contribution in [0.4, 0.5) is 0 Å². The molecule has 0 unspecified atom stereocenters. The van der Waals surface area contributed by atoms with E-state index in [0.717, 1.165) is 9.47 Å². The van der Waals surface area contributed by atoms with Gasteiger partial charge in [-0.1, -0.05) is 7.43 Å². The maximum Gasteiger partial charge on any atom is 0.332 e. The van der Waals surface area contributed by atoms with Gasteiger partial charge in [0, 0.05) is 70.9 Å². The lowest BCUT2D eigenvalue weighted by Gasteiger charge is -2.13. The van der Waals surface area contributed by atoms with Crippen LogP contribution in [0.1, 0.15) is 54.5 Å². The monoisotopic (exact) mass is 678 g/mol. The lowest BCUT2D eigenvalue weighted by molar-refractivity contribution is -0.134. The minimum atomic E-state index is -2.19. The fourth-order valence-electron chi connectivity index (χ4n) is 4.79. The minimum Gasteiger partial charge on any atom is -0.376 e. The van der Waals surface area contributed by atoms with Crippen molar-refractivity contribution in [3.63, 3.8) is 0 Å². The van der Waals surface area contributed by atoms with Gasteiger partial charge < -0.3 is 29.1 Å². The van der Waals surface area contributed by atoms with E-state index in [0.29, 0.717) is 41.0 Å². The molecule has 4 rings (SSSR count). The summed E-state index contributed by atoms with van der Waals surface area (Å²) in [7, 11) is 9.29. The number of nitrogens with zero attached hydrogens (tertiary/aromatic N) is 10. The number of aryl methyl sites for hydroxylation is 5. The lowest BCUT2D eigenvalue weighted by atomic mass is 10.2. The number of aliphatic hydroxyl groups excluding tert-OH is 2. The summed E-state index contributed by atoms with van der Waals surface area (Å²) in [4.78, 5) is 83.7. The molecular formula is C30H48N10O8. The summed E-state index contributed by atoms with van der Waals surface area (Å²) in [6.45, 7) is 1.03. The summed E-state index contributed by atoms with van der Waals surface area (Å²) in [6, 6.07) is 0. The molecule has 0 spiro atoms. The number of fused-ring (bicyclic) bond motifs is 2. The zero-order valence-corrected chi connectivity index (χ0v) is 27.8. The molecule has 2 amide bonds. The Morgan fingerprint density at radius 3 is 1.83 bits per heavy atom. The van der Waals surface area contributed by atoms with Gasteiger partial charge in [-0.25, -0.2) is 19.6 Å². The molecule has 0 fully saturated rings. The Kier molecular flexibility index (Phi) is 12.6. The van der Waals surface area contributed by atoms with Crippen molar-refractivity contribution < 1.29 is 22.5 Å². The quantitative estimate of drug-likeness (QED) is 0.138. The first kappa shape index (κ1) is 36.0. The summed E-state index contributed by atoms with van der Waals surface area (Å²) < 4.78 is 23.7. The van der Waals surface area contributed by atoms with Crippen LogP contribution in [0.2, 0.25) is 0 Å². The molecule has 0 radical (unpaired) electrons. The molecule has 18 heteroatoms. The number of carbonyl (C=O) groups excluding carboxylic acids is 2. The molecule has 0 aromatic carbocycles. The van der Waals surface area contributed by atoms with E-state index < -0.39 is 35.9 Å². The molecule has 4 aromatic heterocycles. The predicted octanol–water partition coefficient (Wildman–Crippen LogP) is -1.03. The summed E-state index contributed by atoms with van der Waals surface area (Å²) in [5.74, 6) is -0.424. The van der Waals surface area contributed by atoms with Gasteiger partial charge in [0.2, 0.25) is 11.8 Å². The van der Waals surface area contributed by atoms with Crippen molar-refractivity contribution in [2.45, 2.75) is 65.9 Å². The zero-order valence-electron chi connectivity index (χ0n) is 29.8. The Morgan fingerprint density at radius 1 is 0.771 bits per heavy atom. The van der Waals surface area contributed by atoms with Gasteiger partial charge in [0.1, 0.15) is 19.3 Å². The molecule has 4 heterocycles. The van der Waals surface area contributed by atoms with Crippen molar-refractivity contribution in [2.24, 2.45) is 28.2 Å². The maximum atomic E-state index is 12.7. The maximum absolute atomic E-state index is 12.7. The molecule has 0 atom stereocenters. The number of rotatable bonds is 12. The molecule has 0 aliphatic carbocycles. The second kappa shape index (κ2) is 16.8.